The fraction of sp³-hybridized carbons (Fsp3) is 0.406. The van der Waals surface area contributed by atoms with Crippen LogP contribution < -0.4 is 5.32 Å². The number of benzene rings is 2. The van der Waals surface area contributed by atoms with Crippen molar-refractivity contribution in [2.75, 3.05) is 13.2 Å². The second kappa shape index (κ2) is 13.9. The van der Waals surface area contributed by atoms with Gasteiger partial charge in [-0.25, -0.2) is 14.1 Å². The van der Waals surface area contributed by atoms with E-state index in [4.69, 9.17) is 16.3 Å². The molecule has 1 aliphatic heterocycles. The van der Waals surface area contributed by atoms with Gasteiger partial charge in [-0.15, -0.1) is 0 Å². The summed E-state index contributed by atoms with van der Waals surface area (Å²) in [6.07, 6.45) is 4.26. The number of hydrogen-bond acceptors (Lipinski definition) is 5. The third-order valence-corrected chi connectivity index (χ3v) is 7.69. The lowest BCUT2D eigenvalue weighted by atomic mass is 9.90. The van der Waals surface area contributed by atoms with Crippen molar-refractivity contribution in [2.24, 2.45) is 5.92 Å². The Labute approximate surface area is 240 Å². The molecule has 0 aliphatic carbocycles. The lowest BCUT2D eigenvalue weighted by Crippen LogP contribution is -2.44. The molecule has 40 heavy (non-hydrogen) atoms. The second-order valence-electron chi connectivity index (χ2n) is 10.6. The van der Waals surface area contributed by atoms with E-state index in [0.717, 1.165) is 36.2 Å². The summed E-state index contributed by atoms with van der Waals surface area (Å²) in [6, 6.07) is 16.8. The van der Waals surface area contributed by atoms with Gasteiger partial charge in [0, 0.05) is 18.2 Å². The van der Waals surface area contributed by atoms with Crippen LogP contribution in [-0.4, -0.2) is 41.1 Å². The van der Waals surface area contributed by atoms with Crippen molar-refractivity contribution in [1.82, 2.24) is 15.2 Å². The summed E-state index contributed by atoms with van der Waals surface area (Å²) in [5.74, 6) is -0.883. The molecule has 2 aromatic carbocycles. The summed E-state index contributed by atoms with van der Waals surface area (Å²) in [7, 11) is 0. The van der Waals surface area contributed by atoms with Gasteiger partial charge in [-0.3, -0.25) is 9.78 Å². The average molecular weight is 566 g/mol. The van der Waals surface area contributed by atoms with Gasteiger partial charge in [0.05, 0.1) is 16.8 Å². The molecular formula is C32H37ClFN3O3. The number of cyclic esters (lactones) is 1. The minimum Gasteiger partial charge on any atom is -0.447 e. The summed E-state index contributed by atoms with van der Waals surface area (Å²) in [5.41, 5.74) is 3.95. The number of ether oxygens (including phenoxy) is 1. The Morgan fingerprint density at radius 1 is 1.12 bits per heavy atom. The molecule has 0 saturated carbocycles. The Kier molecular flexibility index (Phi) is 10.3. The van der Waals surface area contributed by atoms with Crippen molar-refractivity contribution in [1.29, 1.82) is 0 Å². The zero-order valence-electron chi connectivity index (χ0n) is 23.3. The zero-order chi connectivity index (χ0) is 28.6. The van der Waals surface area contributed by atoms with E-state index in [-0.39, 0.29) is 30.4 Å². The summed E-state index contributed by atoms with van der Waals surface area (Å²) >= 11 is 5.94. The first kappa shape index (κ1) is 29.7. The van der Waals surface area contributed by atoms with Crippen LogP contribution in [-0.2, 0) is 22.4 Å². The maximum Gasteiger partial charge on any atom is 0.416 e. The minimum absolute atomic E-state index is 0.0676. The molecule has 2 heterocycles. The van der Waals surface area contributed by atoms with Crippen LogP contribution >= 0.6 is 11.6 Å². The number of nitrogens with zero attached hydrogens (tertiary/aromatic N) is 2. The highest BCUT2D eigenvalue weighted by atomic mass is 35.5. The van der Waals surface area contributed by atoms with Crippen LogP contribution in [0.3, 0.4) is 0 Å². The highest BCUT2D eigenvalue weighted by Gasteiger charge is 2.40. The molecule has 3 atom stereocenters. The molecule has 8 heteroatoms. The molecule has 4 rings (SSSR count). The van der Waals surface area contributed by atoms with E-state index in [0.29, 0.717) is 35.4 Å². The Bertz CT molecular complexity index is 1280. The number of carbonyl (C=O) groups excluding carboxylic acids is 2. The number of aryl methyl sites for hydroxylation is 2. The number of pyridine rings is 1. The van der Waals surface area contributed by atoms with Crippen molar-refractivity contribution in [3.63, 3.8) is 0 Å². The molecule has 6 nitrogen and oxygen atoms in total. The number of unbranched alkanes of at least 4 members (excludes halogenated alkanes) is 1. The van der Waals surface area contributed by atoms with E-state index < -0.39 is 12.0 Å². The van der Waals surface area contributed by atoms with Crippen LogP contribution in [0.15, 0.2) is 60.8 Å². The first-order valence-corrected chi connectivity index (χ1v) is 14.2. The van der Waals surface area contributed by atoms with Crippen LogP contribution in [0.1, 0.15) is 60.2 Å². The Morgan fingerprint density at radius 2 is 1.85 bits per heavy atom. The van der Waals surface area contributed by atoms with Crippen molar-refractivity contribution in [3.8, 4) is 0 Å². The lowest BCUT2D eigenvalue weighted by Gasteiger charge is -2.25. The van der Waals surface area contributed by atoms with Gasteiger partial charge in [0.15, 0.2) is 0 Å². The van der Waals surface area contributed by atoms with Gasteiger partial charge in [0.2, 0.25) is 5.91 Å². The van der Waals surface area contributed by atoms with Gasteiger partial charge in [-0.2, -0.15) is 0 Å². The first-order chi connectivity index (χ1) is 19.2. The van der Waals surface area contributed by atoms with Crippen molar-refractivity contribution in [3.05, 3.63) is 99.6 Å². The number of rotatable bonds is 12. The van der Waals surface area contributed by atoms with Gasteiger partial charge in [-0.1, -0.05) is 60.5 Å². The summed E-state index contributed by atoms with van der Waals surface area (Å²) in [5, 5.41) is 4.07. The summed E-state index contributed by atoms with van der Waals surface area (Å²) in [6.45, 7) is 6.45. The quantitative estimate of drug-likeness (QED) is 0.246. The van der Waals surface area contributed by atoms with Crippen LogP contribution in [0.4, 0.5) is 9.18 Å². The molecular weight excluding hydrogens is 529 g/mol. The monoisotopic (exact) mass is 565 g/mol. The Morgan fingerprint density at radius 3 is 2.52 bits per heavy atom. The minimum atomic E-state index is -0.589. The smallest absolute Gasteiger partial charge is 0.416 e. The SMILES string of the molecule is Cc1cc(C[C@H](CCCCN[C@H](C)c2ccc(Cl)cn2)C(=O)N2C(=O)OC[C@H]2Cc2ccccc2)cc(C)c1F. The van der Waals surface area contributed by atoms with Crippen LogP contribution in [0.2, 0.25) is 5.02 Å². The topological polar surface area (TPSA) is 71.5 Å². The molecule has 0 bridgehead atoms. The van der Waals surface area contributed by atoms with E-state index in [9.17, 15) is 14.0 Å². The Balaban J connectivity index is 1.43. The van der Waals surface area contributed by atoms with E-state index in [1.165, 1.54) is 4.90 Å². The number of hydrogen-bond donors (Lipinski definition) is 1. The van der Waals surface area contributed by atoms with Gasteiger partial charge in [-0.05, 0) is 87.4 Å². The third-order valence-electron chi connectivity index (χ3n) is 7.46. The van der Waals surface area contributed by atoms with Crippen LogP contribution in [0.5, 0.6) is 0 Å². The molecule has 0 spiro atoms. The fourth-order valence-electron chi connectivity index (χ4n) is 5.30. The number of aromatic nitrogens is 1. The van der Waals surface area contributed by atoms with E-state index in [1.54, 1.807) is 32.2 Å². The van der Waals surface area contributed by atoms with Crippen LogP contribution in [0.25, 0.3) is 0 Å². The highest BCUT2D eigenvalue weighted by Crippen LogP contribution is 2.26. The Hall–Kier alpha value is -3.29. The number of amides is 2. The normalized spacial score (nSPS) is 16.6. The first-order valence-electron chi connectivity index (χ1n) is 13.9. The molecule has 0 radical (unpaired) electrons. The van der Waals surface area contributed by atoms with Gasteiger partial charge in [0.25, 0.3) is 0 Å². The molecule has 3 aromatic rings. The molecule has 1 N–H and O–H groups in total. The average Bonchev–Trinajstić information content (AvgIpc) is 3.30. The van der Waals surface area contributed by atoms with E-state index >= 15 is 0 Å². The number of nitrogens with one attached hydrogen (secondary N) is 1. The largest absolute Gasteiger partial charge is 0.447 e. The molecule has 1 fully saturated rings. The van der Waals surface area contributed by atoms with Crippen molar-refractivity contribution >= 4 is 23.6 Å². The maximum atomic E-state index is 14.3. The van der Waals surface area contributed by atoms with E-state index in [2.05, 4.69) is 10.3 Å². The molecule has 1 aromatic heterocycles. The highest BCUT2D eigenvalue weighted by molar-refractivity contribution is 6.30. The second-order valence-corrected chi connectivity index (χ2v) is 11.1. The molecule has 1 aliphatic rings. The number of carbonyl (C=O) groups is 2. The molecule has 0 unspecified atom stereocenters. The summed E-state index contributed by atoms with van der Waals surface area (Å²) < 4.78 is 19.6. The zero-order valence-corrected chi connectivity index (χ0v) is 24.1. The molecule has 1 saturated heterocycles. The van der Waals surface area contributed by atoms with Crippen molar-refractivity contribution in [2.45, 2.75) is 65.0 Å². The molecule has 212 valence electrons. The van der Waals surface area contributed by atoms with Gasteiger partial charge >= 0.3 is 6.09 Å². The van der Waals surface area contributed by atoms with E-state index in [1.807, 2.05) is 49.4 Å². The standard InChI is InChI=1S/C32H37ClFN3O3/c1-21-15-25(16-22(2)30(21)34)17-26(11-7-8-14-35-23(3)29-13-12-27(33)19-36-29)31(38)37-28(20-40-32(37)39)18-24-9-5-4-6-10-24/h4-6,9-10,12-13,15-16,19,23,26,28,35H,7-8,11,14,17-18,20H2,1-3H3/t23-,26+,28-/m1/s1. The maximum absolute atomic E-state index is 14.3. The van der Waals surface area contributed by atoms with Crippen molar-refractivity contribution < 1.29 is 18.7 Å². The lowest BCUT2D eigenvalue weighted by molar-refractivity contribution is -0.133. The van der Waals surface area contributed by atoms with Gasteiger partial charge < -0.3 is 10.1 Å². The van der Waals surface area contributed by atoms with Crippen LogP contribution in [0, 0.1) is 25.6 Å². The molecule has 2 amide bonds. The number of imide groups is 1. The fourth-order valence-corrected chi connectivity index (χ4v) is 5.41. The number of halogens is 2. The van der Waals surface area contributed by atoms with Gasteiger partial charge in [0.1, 0.15) is 12.4 Å². The predicted octanol–water partition coefficient (Wildman–Crippen LogP) is 6.76. The summed E-state index contributed by atoms with van der Waals surface area (Å²) in [4.78, 5) is 32.3. The third kappa shape index (κ3) is 7.67. The predicted molar refractivity (Wildman–Crippen MR) is 155 cm³/mol.